The standard InChI is InChI=1S/C17H16BrFN2OS/c1-3-20(2)17(22)14-8-15-16(13(18)10-23-15)21(14)9-11-4-6-12(19)7-5-11/h4-8,10H,3,9H2,1-2H3. The average Bonchev–Trinajstić information content (AvgIpc) is 3.09. The highest BCUT2D eigenvalue weighted by atomic mass is 79.9. The Bertz CT molecular complexity index is 853. The van der Waals surface area contributed by atoms with Crippen molar-refractivity contribution in [1.82, 2.24) is 9.47 Å². The van der Waals surface area contributed by atoms with E-state index in [1.807, 2.05) is 22.9 Å². The third kappa shape index (κ3) is 3.05. The van der Waals surface area contributed by atoms with Gasteiger partial charge >= 0.3 is 0 Å². The topological polar surface area (TPSA) is 25.2 Å². The highest BCUT2D eigenvalue weighted by molar-refractivity contribution is 9.10. The molecule has 23 heavy (non-hydrogen) atoms. The Hall–Kier alpha value is -1.66. The van der Waals surface area contributed by atoms with Crippen molar-refractivity contribution in [2.24, 2.45) is 0 Å². The van der Waals surface area contributed by atoms with E-state index in [4.69, 9.17) is 0 Å². The molecule has 0 bridgehead atoms. The Morgan fingerprint density at radius 1 is 1.35 bits per heavy atom. The minimum Gasteiger partial charge on any atom is -0.341 e. The van der Waals surface area contributed by atoms with Gasteiger partial charge in [-0.3, -0.25) is 4.79 Å². The summed E-state index contributed by atoms with van der Waals surface area (Å²) >= 11 is 5.16. The lowest BCUT2D eigenvalue weighted by Crippen LogP contribution is -2.28. The van der Waals surface area contributed by atoms with Crippen LogP contribution in [0.1, 0.15) is 23.0 Å². The summed E-state index contributed by atoms with van der Waals surface area (Å²) in [6.07, 6.45) is 0. The molecule has 0 aliphatic heterocycles. The van der Waals surface area contributed by atoms with Crippen LogP contribution in [0.2, 0.25) is 0 Å². The molecule has 3 aromatic rings. The Kier molecular flexibility index (Phi) is 4.55. The molecule has 0 spiro atoms. The van der Waals surface area contributed by atoms with Gasteiger partial charge < -0.3 is 9.47 Å². The highest BCUT2D eigenvalue weighted by Crippen LogP contribution is 2.34. The van der Waals surface area contributed by atoms with E-state index in [0.29, 0.717) is 18.8 Å². The van der Waals surface area contributed by atoms with Gasteiger partial charge in [-0.1, -0.05) is 12.1 Å². The summed E-state index contributed by atoms with van der Waals surface area (Å²) in [5.41, 5.74) is 2.61. The predicted octanol–water partition coefficient (Wildman–Crippen LogP) is 4.74. The Balaban J connectivity index is 2.10. The third-order valence-electron chi connectivity index (χ3n) is 3.87. The molecule has 0 aliphatic rings. The molecule has 2 heterocycles. The van der Waals surface area contributed by atoms with Crippen LogP contribution < -0.4 is 0 Å². The highest BCUT2D eigenvalue weighted by Gasteiger charge is 2.20. The zero-order chi connectivity index (χ0) is 16.6. The number of carbonyl (C=O) groups is 1. The summed E-state index contributed by atoms with van der Waals surface area (Å²) in [7, 11) is 1.79. The van der Waals surface area contributed by atoms with Crippen LogP contribution >= 0.6 is 27.3 Å². The lowest BCUT2D eigenvalue weighted by molar-refractivity contribution is 0.0793. The van der Waals surface area contributed by atoms with E-state index in [2.05, 4.69) is 15.9 Å². The first-order chi connectivity index (χ1) is 11.0. The maximum Gasteiger partial charge on any atom is 0.270 e. The molecule has 120 valence electrons. The van der Waals surface area contributed by atoms with Crippen LogP contribution in [-0.4, -0.2) is 29.0 Å². The summed E-state index contributed by atoms with van der Waals surface area (Å²) in [6, 6.07) is 8.32. The van der Waals surface area contributed by atoms with Crippen LogP contribution in [-0.2, 0) is 6.54 Å². The van der Waals surface area contributed by atoms with E-state index >= 15 is 0 Å². The molecule has 0 saturated heterocycles. The van der Waals surface area contributed by atoms with Crippen LogP contribution in [0.5, 0.6) is 0 Å². The second kappa shape index (κ2) is 6.45. The quantitative estimate of drug-likeness (QED) is 0.626. The van der Waals surface area contributed by atoms with Gasteiger partial charge in [-0.15, -0.1) is 11.3 Å². The van der Waals surface area contributed by atoms with E-state index < -0.39 is 0 Å². The molecule has 0 radical (unpaired) electrons. The summed E-state index contributed by atoms with van der Waals surface area (Å²) < 4.78 is 17.1. The van der Waals surface area contributed by atoms with Gasteiger partial charge in [-0.2, -0.15) is 0 Å². The van der Waals surface area contributed by atoms with Crippen molar-refractivity contribution in [2.45, 2.75) is 13.5 Å². The first-order valence-electron chi connectivity index (χ1n) is 7.27. The number of hydrogen-bond donors (Lipinski definition) is 0. The Morgan fingerprint density at radius 2 is 2.04 bits per heavy atom. The third-order valence-corrected chi connectivity index (χ3v) is 5.70. The molecule has 1 aromatic carbocycles. The van der Waals surface area contributed by atoms with Crippen molar-refractivity contribution in [3.63, 3.8) is 0 Å². The van der Waals surface area contributed by atoms with Gasteiger partial charge in [-0.05, 0) is 46.6 Å². The fraction of sp³-hybridized carbons (Fsp3) is 0.235. The molecule has 0 N–H and O–H groups in total. The van der Waals surface area contributed by atoms with Gasteiger partial charge in [-0.25, -0.2) is 4.39 Å². The van der Waals surface area contributed by atoms with Crippen molar-refractivity contribution in [3.8, 4) is 0 Å². The number of nitrogens with zero attached hydrogens (tertiary/aromatic N) is 2. The number of amides is 1. The monoisotopic (exact) mass is 394 g/mol. The van der Waals surface area contributed by atoms with E-state index in [1.165, 1.54) is 12.1 Å². The van der Waals surface area contributed by atoms with Crippen molar-refractivity contribution in [3.05, 3.63) is 57.3 Å². The number of thiophene rings is 1. The van der Waals surface area contributed by atoms with Gasteiger partial charge in [0.15, 0.2) is 0 Å². The maximum atomic E-state index is 13.1. The molecule has 1 amide bonds. The van der Waals surface area contributed by atoms with E-state index in [0.717, 1.165) is 20.3 Å². The molecule has 0 aliphatic carbocycles. The number of rotatable bonds is 4. The molecule has 0 unspecified atom stereocenters. The number of benzene rings is 1. The van der Waals surface area contributed by atoms with Crippen LogP contribution in [0, 0.1) is 5.82 Å². The first kappa shape index (κ1) is 16.2. The second-order valence-corrected chi connectivity index (χ2v) is 7.12. The zero-order valence-corrected chi connectivity index (χ0v) is 15.2. The van der Waals surface area contributed by atoms with Gasteiger partial charge in [0.1, 0.15) is 11.5 Å². The number of aromatic nitrogens is 1. The van der Waals surface area contributed by atoms with E-state index in [-0.39, 0.29) is 11.7 Å². The molecule has 2 aromatic heterocycles. The smallest absolute Gasteiger partial charge is 0.270 e. The Morgan fingerprint density at radius 3 is 2.70 bits per heavy atom. The van der Waals surface area contributed by atoms with Gasteiger partial charge in [0, 0.05) is 25.5 Å². The van der Waals surface area contributed by atoms with Crippen LogP contribution in [0.25, 0.3) is 10.2 Å². The van der Waals surface area contributed by atoms with Crippen molar-refractivity contribution < 1.29 is 9.18 Å². The minimum absolute atomic E-state index is 0.00934. The lowest BCUT2D eigenvalue weighted by Gasteiger charge is -2.17. The number of hydrogen-bond acceptors (Lipinski definition) is 2. The predicted molar refractivity (Wildman–Crippen MR) is 95.7 cm³/mol. The average molecular weight is 395 g/mol. The minimum atomic E-state index is -0.259. The summed E-state index contributed by atoms with van der Waals surface area (Å²) in [4.78, 5) is 14.3. The van der Waals surface area contributed by atoms with Crippen molar-refractivity contribution in [2.75, 3.05) is 13.6 Å². The zero-order valence-electron chi connectivity index (χ0n) is 12.8. The second-order valence-electron chi connectivity index (χ2n) is 5.36. The lowest BCUT2D eigenvalue weighted by atomic mass is 10.2. The molecule has 0 saturated carbocycles. The molecule has 0 fully saturated rings. The summed E-state index contributed by atoms with van der Waals surface area (Å²) in [5.74, 6) is -0.268. The van der Waals surface area contributed by atoms with Crippen LogP contribution in [0.15, 0.2) is 40.2 Å². The van der Waals surface area contributed by atoms with Crippen LogP contribution in [0.3, 0.4) is 0 Å². The summed E-state index contributed by atoms with van der Waals surface area (Å²) in [6.45, 7) is 3.12. The molecule has 0 atom stereocenters. The fourth-order valence-electron chi connectivity index (χ4n) is 2.48. The number of halogens is 2. The van der Waals surface area contributed by atoms with Crippen LogP contribution in [0.4, 0.5) is 4.39 Å². The van der Waals surface area contributed by atoms with Gasteiger partial charge in [0.05, 0.1) is 14.7 Å². The number of carbonyl (C=O) groups excluding carboxylic acids is 1. The molecular weight excluding hydrogens is 379 g/mol. The fourth-order valence-corrected chi connectivity index (χ4v) is 4.18. The SMILES string of the molecule is CCN(C)C(=O)c1cc2scc(Br)c2n1Cc1ccc(F)cc1. The van der Waals surface area contributed by atoms with Crippen molar-refractivity contribution in [1.29, 1.82) is 0 Å². The van der Waals surface area contributed by atoms with Gasteiger partial charge in [0.2, 0.25) is 0 Å². The molecule has 3 rings (SSSR count). The van der Waals surface area contributed by atoms with E-state index in [1.54, 1.807) is 35.4 Å². The summed E-state index contributed by atoms with van der Waals surface area (Å²) in [5, 5.41) is 2.02. The number of fused-ring (bicyclic) bond motifs is 1. The van der Waals surface area contributed by atoms with E-state index in [9.17, 15) is 9.18 Å². The molecule has 3 nitrogen and oxygen atoms in total. The van der Waals surface area contributed by atoms with Crippen molar-refractivity contribution >= 4 is 43.4 Å². The normalized spacial score (nSPS) is 11.1. The first-order valence-corrected chi connectivity index (χ1v) is 8.94. The molecular formula is C17H16BrFN2OS. The maximum absolute atomic E-state index is 13.1. The Labute approximate surface area is 146 Å². The van der Waals surface area contributed by atoms with Gasteiger partial charge in [0.25, 0.3) is 5.91 Å². The largest absolute Gasteiger partial charge is 0.341 e. The molecule has 6 heteroatoms.